The van der Waals surface area contributed by atoms with Crippen molar-refractivity contribution in [3.8, 4) is 0 Å². The number of rotatable bonds is 1. The summed E-state index contributed by atoms with van der Waals surface area (Å²) in [7, 11) is 0. The molecular weight excluding hydrogens is 256 g/mol. The molecule has 20 heavy (non-hydrogen) atoms. The molecule has 6 heteroatoms. The molecule has 1 aliphatic heterocycles. The van der Waals surface area contributed by atoms with E-state index < -0.39 is 0 Å². The molecular formula is C14H8N4O2. The summed E-state index contributed by atoms with van der Waals surface area (Å²) in [5.41, 5.74) is 1.01. The molecule has 0 atom stereocenters. The molecule has 0 aliphatic carbocycles. The van der Waals surface area contributed by atoms with Gasteiger partial charge < -0.3 is 0 Å². The first-order valence-electron chi connectivity index (χ1n) is 6.03. The molecule has 0 spiro atoms. The van der Waals surface area contributed by atoms with E-state index in [1.165, 1.54) is 17.3 Å². The van der Waals surface area contributed by atoms with Gasteiger partial charge in [-0.2, -0.15) is 5.01 Å². The zero-order valence-corrected chi connectivity index (χ0v) is 10.2. The lowest BCUT2D eigenvalue weighted by atomic mass is 9.95. The Bertz CT molecular complexity index is 804. The van der Waals surface area contributed by atoms with Crippen molar-refractivity contribution in [2.24, 2.45) is 0 Å². The van der Waals surface area contributed by atoms with Crippen LogP contribution < -0.4 is 5.01 Å². The molecule has 0 N–H and O–H groups in total. The van der Waals surface area contributed by atoms with Gasteiger partial charge in [0.25, 0.3) is 11.8 Å². The van der Waals surface area contributed by atoms with E-state index in [1.54, 1.807) is 24.3 Å². The summed E-state index contributed by atoms with van der Waals surface area (Å²) in [6.45, 7) is 0. The summed E-state index contributed by atoms with van der Waals surface area (Å²) in [5, 5.41) is 9.90. The molecule has 96 valence electrons. The van der Waals surface area contributed by atoms with Crippen LogP contribution in [0.3, 0.4) is 0 Å². The number of imide groups is 1. The maximum atomic E-state index is 12.5. The molecule has 0 radical (unpaired) electrons. The Morgan fingerprint density at radius 2 is 1.35 bits per heavy atom. The minimum absolute atomic E-state index is 0.376. The quantitative estimate of drug-likeness (QED) is 0.622. The Morgan fingerprint density at radius 3 is 1.90 bits per heavy atom. The van der Waals surface area contributed by atoms with Gasteiger partial charge in [-0.1, -0.05) is 24.3 Å². The van der Waals surface area contributed by atoms with E-state index in [-0.39, 0.29) is 11.8 Å². The fraction of sp³-hybridized carbons (Fsp3) is 0. The lowest BCUT2D eigenvalue weighted by Gasteiger charge is -2.26. The molecule has 0 saturated heterocycles. The third kappa shape index (κ3) is 1.27. The summed E-state index contributed by atoms with van der Waals surface area (Å²) in [6, 6.07) is 10.8. The molecule has 0 saturated carbocycles. The predicted octanol–water partition coefficient (Wildman–Crippen LogP) is 1.36. The van der Waals surface area contributed by atoms with Crippen molar-refractivity contribution >= 4 is 22.6 Å². The van der Waals surface area contributed by atoms with Crippen LogP contribution in [0, 0.1) is 0 Å². The topological polar surface area (TPSA) is 68.1 Å². The molecule has 1 aliphatic rings. The van der Waals surface area contributed by atoms with Crippen LogP contribution in [0.15, 0.2) is 49.1 Å². The van der Waals surface area contributed by atoms with E-state index in [9.17, 15) is 9.59 Å². The van der Waals surface area contributed by atoms with Gasteiger partial charge in [0.05, 0.1) is 11.1 Å². The van der Waals surface area contributed by atoms with Gasteiger partial charge in [-0.05, 0) is 17.5 Å². The number of amides is 2. The number of hydrogen-bond acceptors (Lipinski definition) is 4. The van der Waals surface area contributed by atoms with E-state index in [1.807, 2.05) is 12.1 Å². The van der Waals surface area contributed by atoms with Crippen molar-refractivity contribution < 1.29 is 9.59 Å². The molecule has 3 aromatic rings. The Kier molecular flexibility index (Phi) is 2.03. The van der Waals surface area contributed by atoms with Gasteiger partial charge in [-0.15, -0.1) is 10.2 Å². The van der Waals surface area contributed by atoms with Gasteiger partial charge in [0.2, 0.25) is 0 Å². The molecule has 6 nitrogen and oxygen atoms in total. The van der Waals surface area contributed by atoms with Crippen LogP contribution >= 0.6 is 0 Å². The van der Waals surface area contributed by atoms with Crippen molar-refractivity contribution in [2.75, 3.05) is 5.01 Å². The van der Waals surface area contributed by atoms with Gasteiger partial charge in [-0.3, -0.25) is 9.59 Å². The minimum Gasteiger partial charge on any atom is -0.267 e. The second-order valence-corrected chi connectivity index (χ2v) is 4.47. The zero-order chi connectivity index (χ0) is 13.7. The first-order valence-corrected chi connectivity index (χ1v) is 6.03. The predicted molar refractivity (Wildman–Crippen MR) is 70.8 cm³/mol. The largest absolute Gasteiger partial charge is 0.280 e. The SMILES string of the molecule is O=C1c2cccc3cccc(c23)C(=O)N1n1cnnc1. The lowest BCUT2D eigenvalue weighted by Crippen LogP contribution is -2.47. The van der Waals surface area contributed by atoms with E-state index in [2.05, 4.69) is 10.2 Å². The van der Waals surface area contributed by atoms with E-state index in [0.717, 1.165) is 10.4 Å². The van der Waals surface area contributed by atoms with Crippen LogP contribution in [-0.4, -0.2) is 26.7 Å². The second-order valence-electron chi connectivity index (χ2n) is 4.47. The Morgan fingerprint density at radius 1 is 0.800 bits per heavy atom. The highest BCUT2D eigenvalue weighted by Crippen LogP contribution is 2.29. The van der Waals surface area contributed by atoms with Gasteiger partial charge >= 0.3 is 0 Å². The van der Waals surface area contributed by atoms with Crippen molar-refractivity contribution in [1.29, 1.82) is 0 Å². The number of aromatic nitrogens is 3. The average Bonchev–Trinajstić information content (AvgIpc) is 2.99. The van der Waals surface area contributed by atoms with E-state index >= 15 is 0 Å². The van der Waals surface area contributed by atoms with Crippen LogP contribution in [0.2, 0.25) is 0 Å². The summed E-state index contributed by atoms with van der Waals surface area (Å²) in [6.07, 6.45) is 2.65. The summed E-state index contributed by atoms with van der Waals surface area (Å²) in [5.74, 6) is -0.752. The smallest absolute Gasteiger partial charge is 0.267 e. The standard InChI is InChI=1S/C14H8N4O2/c19-13-10-5-1-3-9-4-2-6-11(12(9)10)14(20)18(13)17-7-15-16-8-17/h1-8H. The zero-order valence-electron chi connectivity index (χ0n) is 10.2. The number of carbonyl (C=O) groups excluding carboxylic acids is 2. The van der Waals surface area contributed by atoms with Crippen LogP contribution in [0.4, 0.5) is 0 Å². The number of carbonyl (C=O) groups is 2. The Labute approximate surface area is 113 Å². The van der Waals surface area contributed by atoms with Gasteiger partial charge in [0, 0.05) is 5.39 Å². The first kappa shape index (κ1) is 10.9. The average molecular weight is 264 g/mol. The van der Waals surface area contributed by atoms with E-state index in [4.69, 9.17) is 0 Å². The monoisotopic (exact) mass is 264 g/mol. The normalized spacial score (nSPS) is 14.1. The van der Waals surface area contributed by atoms with Crippen molar-refractivity contribution in [3.63, 3.8) is 0 Å². The van der Waals surface area contributed by atoms with Gasteiger partial charge in [0.15, 0.2) is 0 Å². The number of nitrogens with zero attached hydrogens (tertiary/aromatic N) is 4. The molecule has 2 aromatic carbocycles. The maximum absolute atomic E-state index is 12.5. The first-order chi connectivity index (χ1) is 9.77. The van der Waals surface area contributed by atoms with Gasteiger partial charge in [-0.25, -0.2) is 4.68 Å². The van der Waals surface area contributed by atoms with Crippen molar-refractivity contribution in [1.82, 2.24) is 14.9 Å². The third-order valence-corrected chi connectivity index (χ3v) is 3.39. The fourth-order valence-electron chi connectivity index (χ4n) is 2.53. The molecule has 0 unspecified atom stereocenters. The highest BCUT2D eigenvalue weighted by molar-refractivity contribution is 6.32. The maximum Gasteiger partial charge on any atom is 0.280 e. The van der Waals surface area contributed by atoms with Crippen LogP contribution in [0.25, 0.3) is 10.8 Å². The molecule has 2 heterocycles. The van der Waals surface area contributed by atoms with Crippen LogP contribution in [0.5, 0.6) is 0 Å². The van der Waals surface area contributed by atoms with Crippen molar-refractivity contribution in [3.05, 3.63) is 60.2 Å². The minimum atomic E-state index is -0.376. The third-order valence-electron chi connectivity index (χ3n) is 3.39. The Hall–Kier alpha value is -3.02. The van der Waals surface area contributed by atoms with E-state index in [0.29, 0.717) is 16.5 Å². The van der Waals surface area contributed by atoms with Gasteiger partial charge in [0.1, 0.15) is 12.7 Å². The number of benzene rings is 2. The second kappa shape index (κ2) is 3.74. The highest BCUT2D eigenvalue weighted by Gasteiger charge is 2.34. The lowest BCUT2D eigenvalue weighted by molar-refractivity contribution is 0.0852. The highest BCUT2D eigenvalue weighted by atomic mass is 16.2. The Balaban J connectivity index is 2.05. The summed E-state index contributed by atoms with van der Waals surface area (Å²) in [4.78, 5) is 25.1. The van der Waals surface area contributed by atoms with Crippen LogP contribution in [0.1, 0.15) is 20.7 Å². The molecule has 2 amide bonds. The fourth-order valence-corrected chi connectivity index (χ4v) is 2.53. The van der Waals surface area contributed by atoms with Crippen molar-refractivity contribution in [2.45, 2.75) is 0 Å². The number of hydrogen-bond donors (Lipinski definition) is 0. The molecule has 1 aromatic heterocycles. The van der Waals surface area contributed by atoms with Crippen LogP contribution in [-0.2, 0) is 0 Å². The summed E-state index contributed by atoms with van der Waals surface area (Å²) < 4.78 is 1.29. The summed E-state index contributed by atoms with van der Waals surface area (Å²) >= 11 is 0. The molecule has 0 fully saturated rings. The molecule has 0 bridgehead atoms. The molecule has 4 rings (SSSR count).